The molecule has 1 aromatic rings. The maximum absolute atomic E-state index is 12.3. The Morgan fingerprint density at radius 1 is 1.31 bits per heavy atom. The Labute approximate surface area is 88.4 Å². The van der Waals surface area contributed by atoms with Crippen LogP contribution in [0.5, 0.6) is 5.75 Å². The quantitative estimate of drug-likeness (QED) is 0.770. The number of carboxylic acids is 1. The van der Waals surface area contributed by atoms with Crippen LogP contribution in [0.4, 0.5) is 13.2 Å². The lowest BCUT2D eigenvalue weighted by Crippen LogP contribution is -2.05. The largest absolute Gasteiger partial charge is 0.507 e. The number of carbonyl (C=O) groups is 1. The minimum atomic E-state index is -4.67. The topological polar surface area (TPSA) is 57.5 Å². The van der Waals surface area contributed by atoms with Crippen LogP contribution < -0.4 is 0 Å². The standard InChI is InChI=1S/C10H7F3O3/c11-10(12,13)7-5-6(1-3-8(7)14)2-4-9(15)16/h1-5,14H,(H,15,16). The second-order valence-corrected chi connectivity index (χ2v) is 2.95. The highest BCUT2D eigenvalue weighted by molar-refractivity contribution is 5.85. The molecule has 0 radical (unpaired) electrons. The average molecular weight is 232 g/mol. The summed E-state index contributed by atoms with van der Waals surface area (Å²) >= 11 is 0. The molecule has 0 saturated heterocycles. The first-order valence-electron chi connectivity index (χ1n) is 4.12. The Hall–Kier alpha value is -1.98. The molecule has 0 heterocycles. The van der Waals surface area contributed by atoms with Gasteiger partial charge >= 0.3 is 12.1 Å². The predicted octanol–water partition coefficient (Wildman–Crippen LogP) is 2.51. The number of phenols is 1. The molecule has 0 aromatic heterocycles. The number of hydrogen-bond acceptors (Lipinski definition) is 2. The Kier molecular flexibility index (Phi) is 3.22. The van der Waals surface area contributed by atoms with Crippen molar-refractivity contribution in [1.29, 1.82) is 0 Å². The third-order valence-corrected chi connectivity index (χ3v) is 1.74. The minimum absolute atomic E-state index is 0.0486. The molecule has 6 heteroatoms. The number of carboxylic acid groups (broad SMARTS) is 1. The van der Waals surface area contributed by atoms with E-state index in [9.17, 15) is 18.0 Å². The van der Waals surface area contributed by atoms with Crippen molar-refractivity contribution < 1.29 is 28.2 Å². The first kappa shape index (κ1) is 12.1. The molecule has 0 spiro atoms. The zero-order valence-electron chi connectivity index (χ0n) is 7.82. The van der Waals surface area contributed by atoms with Gasteiger partial charge in [0.2, 0.25) is 0 Å². The van der Waals surface area contributed by atoms with E-state index in [0.29, 0.717) is 12.1 Å². The molecule has 2 N–H and O–H groups in total. The highest BCUT2D eigenvalue weighted by Gasteiger charge is 2.33. The summed E-state index contributed by atoms with van der Waals surface area (Å²) in [6, 6.07) is 2.73. The summed E-state index contributed by atoms with van der Waals surface area (Å²) in [5.41, 5.74) is -1.15. The van der Waals surface area contributed by atoms with Crippen LogP contribution >= 0.6 is 0 Å². The number of rotatable bonds is 2. The van der Waals surface area contributed by atoms with Crippen molar-refractivity contribution in [3.05, 3.63) is 35.4 Å². The Morgan fingerprint density at radius 3 is 2.44 bits per heavy atom. The van der Waals surface area contributed by atoms with E-state index < -0.39 is 23.5 Å². The summed E-state index contributed by atoms with van der Waals surface area (Å²) in [7, 11) is 0. The zero-order valence-corrected chi connectivity index (χ0v) is 7.82. The number of phenolic OH excluding ortho intramolecular Hbond substituents is 1. The van der Waals surface area contributed by atoms with Gasteiger partial charge in [0.15, 0.2) is 0 Å². The summed E-state index contributed by atoms with van der Waals surface area (Å²) in [6.45, 7) is 0. The van der Waals surface area contributed by atoms with E-state index in [1.807, 2.05) is 0 Å². The maximum Gasteiger partial charge on any atom is 0.419 e. The van der Waals surface area contributed by atoms with Crippen molar-refractivity contribution in [3.63, 3.8) is 0 Å². The number of benzene rings is 1. The van der Waals surface area contributed by atoms with E-state index >= 15 is 0 Å². The molecule has 0 amide bonds. The van der Waals surface area contributed by atoms with Crippen molar-refractivity contribution in [1.82, 2.24) is 0 Å². The van der Waals surface area contributed by atoms with Crippen LogP contribution in [0.1, 0.15) is 11.1 Å². The number of alkyl halides is 3. The summed E-state index contributed by atoms with van der Waals surface area (Å²) in [6.07, 6.45) is -2.94. The smallest absolute Gasteiger partial charge is 0.419 e. The van der Waals surface area contributed by atoms with Crippen molar-refractivity contribution in [2.45, 2.75) is 6.18 Å². The first-order valence-corrected chi connectivity index (χ1v) is 4.12. The Balaban J connectivity index is 3.13. The molecular formula is C10H7F3O3. The molecule has 1 aromatic carbocycles. The van der Waals surface area contributed by atoms with Crippen LogP contribution in [0, 0.1) is 0 Å². The van der Waals surface area contributed by atoms with E-state index in [1.165, 1.54) is 6.07 Å². The molecule has 0 bridgehead atoms. The molecule has 3 nitrogen and oxygen atoms in total. The highest BCUT2D eigenvalue weighted by atomic mass is 19.4. The molecule has 0 fully saturated rings. The third-order valence-electron chi connectivity index (χ3n) is 1.74. The normalized spacial score (nSPS) is 11.9. The number of hydrogen-bond donors (Lipinski definition) is 2. The summed E-state index contributed by atoms with van der Waals surface area (Å²) in [4.78, 5) is 10.2. The molecule has 0 aliphatic heterocycles. The molecule has 16 heavy (non-hydrogen) atoms. The average Bonchev–Trinajstić information content (AvgIpc) is 2.14. The van der Waals surface area contributed by atoms with Crippen LogP contribution in [0.15, 0.2) is 24.3 Å². The first-order chi connectivity index (χ1) is 7.30. The monoisotopic (exact) mass is 232 g/mol. The van der Waals surface area contributed by atoms with Crippen molar-refractivity contribution in [3.8, 4) is 5.75 Å². The molecule has 0 aliphatic carbocycles. The third kappa shape index (κ3) is 3.01. The Morgan fingerprint density at radius 2 is 1.94 bits per heavy atom. The lowest BCUT2D eigenvalue weighted by atomic mass is 10.1. The highest BCUT2D eigenvalue weighted by Crippen LogP contribution is 2.36. The van der Waals surface area contributed by atoms with Crippen LogP contribution in [-0.4, -0.2) is 16.2 Å². The fraction of sp³-hybridized carbons (Fsp3) is 0.100. The minimum Gasteiger partial charge on any atom is -0.507 e. The Bertz CT molecular complexity index is 435. The van der Waals surface area contributed by atoms with Crippen molar-refractivity contribution in [2.24, 2.45) is 0 Å². The second-order valence-electron chi connectivity index (χ2n) is 2.95. The van der Waals surface area contributed by atoms with E-state index in [2.05, 4.69) is 0 Å². The lowest BCUT2D eigenvalue weighted by molar-refractivity contribution is -0.138. The fourth-order valence-corrected chi connectivity index (χ4v) is 1.05. The van der Waals surface area contributed by atoms with Crippen LogP contribution in [0.2, 0.25) is 0 Å². The van der Waals surface area contributed by atoms with Gasteiger partial charge in [0.05, 0.1) is 5.56 Å². The van der Waals surface area contributed by atoms with E-state index in [1.54, 1.807) is 0 Å². The maximum atomic E-state index is 12.3. The van der Waals surface area contributed by atoms with Gasteiger partial charge in [-0.15, -0.1) is 0 Å². The van der Waals surface area contributed by atoms with Crippen LogP contribution in [-0.2, 0) is 11.0 Å². The number of halogens is 3. The van der Waals surface area contributed by atoms with Gasteiger partial charge in [-0.05, 0) is 23.8 Å². The molecule has 0 aliphatic rings. The van der Waals surface area contributed by atoms with Gasteiger partial charge in [-0.25, -0.2) is 4.79 Å². The van der Waals surface area contributed by atoms with Gasteiger partial charge in [-0.2, -0.15) is 13.2 Å². The number of aromatic hydroxyl groups is 1. The van der Waals surface area contributed by atoms with Gasteiger partial charge in [-0.3, -0.25) is 0 Å². The van der Waals surface area contributed by atoms with E-state index in [-0.39, 0.29) is 5.56 Å². The van der Waals surface area contributed by atoms with Gasteiger partial charge in [-0.1, -0.05) is 6.07 Å². The lowest BCUT2D eigenvalue weighted by Gasteiger charge is -2.09. The summed E-state index contributed by atoms with van der Waals surface area (Å²) in [5, 5.41) is 17.3. The number of aliphatic carboxylic acids is 1. The molecule has 1 rings (SSSR count). The molecule has 0 unspecified atom stereocenters. The SMILES string of the molecule is O=C(O)C=Cc1ccc(O)c(C(F)(F)F)c1. The fourth-order valence-electron chi connectivity index (χ4n) is 1.05. The van der Waals surface area contributed by atoms with Gasteiger partial charge in [0, 0.05) is 6.08 Å². The van der Waals surface area contributed by atoms with Crippen molar-refractivity contribution >= 4 is 12.0 Å². The predicted molar refractivity (Wildman–Crippen MR) is 49.8 cm³/mol. The summed E-state index contributed by atoms with van der Waals surface area (Å²) in [5.74, 6) is -2.15. The van der Waals surface area contributed by atoms with Crippen LogP contribution in [0.3, 0.4) is 0 Å². The second kappa shape index (κ2) is 4.26. The van der Waals surface area contributed by atoms with Crippen molar-refractivity contribution in [2.75, 3.05) is 0 Å². The van der Waals surface area contributed by atoms with Gasteiger partial charge in [0.25, 0.3) is 0 Å². The van der Waals surface area contributed by atoms with Gasteiger partial charge < -0.3 is 10.2 Å². The molecule has 0 saturated carbocycles. The molecular weight excluding hydrogens is 225 g/mol. The van der Waals surface area contributed by atoms with Crippen LogP contribution in [0.25, 0.3) is 6.08 Å². The van der Waals surface area contributed by atoms with Gasteiger partial charge in [0.1, 0.15) is 5.75 Å². The van der Waals surface area contributed by atoms with E-state index in [4.69, 9.17) is 10.2 Å². The zero-order chi connectivity index (χ0) is 12.3. The van der Waals surface area contributed by atoms with E-state index in [0.717, 1.165) is 12.1 Å². The molecule has 86 valence electrons. The molecule has 0 atom stereocenters. The summed E-state index contributed by atoms with van der Waals surface area (Å²) < 4.78 is 37.0.